The Morgan fingerprint density at radius 2 is 1.93 bits per heavy atom. The van der Waals surface area contributed by atoms with Crippen molar-refractivity contribution in [2.45, 2.75) is 20.4 Å². The van der Waals surface area contributed by atoms with Crippen LogP contribution >= 0.6 is 0 Å². The maximum atomic E-state index is 10.1. The lowest BCUT2D eigenvalue weighted by Gasteiger charge is -2.11. The summed E-state index contributed by atoms with van der Waals surface area (Å²) >= 11 is 0. The number of aldehydes is 1. The van der Waals surface area contributed by atoms with Gasteiger partial charge in [-0.2, -0.15) is 0 Å². The van der Waals surface area contributed by atoms with Crippen molar-refractivity contribution in [1.29, 1.82) is 0 Å². The molecule has 0 aliphatic rings. The molecule has 0 saturated carbocycles. The summed E-state index contributed by atoms with van der Waals surface area (Å²) < 4.78 is 5.28. The largest absolute Gasteiger partial charge is 0.496 e. The Kier molecular flexibility index (Phi) is 4.31. The Hall–Kier alpha value is -1.35. The molecule has 0 aromatic heterocycles. The van der Waals surface area contributed by atoms with Crippen LogP contribution in [0.1, 0.15) is 16.7 Å². The summed E-state index contributed by atoms with van der Waals surface area (Å²) in [7, 11) is 1.68. The van der Waals surface area contributed by atoms with Gasteiger partial charge in [-0.1, -0.05) is 12.1 Å². The number of nitrogens with one attached hydrogen (secondary N) is 1. The standard InChI is InChI=1S/C12H17NO2/c1-9-6-11(8-13-4-5-14)7-10(2)12(9)15-3/h5-7,13H,4,8H2,1-3H3. The summed E-state index contributed by atoms with van der Waals surface area (Å²) in [6.45, 7) is 5.15. The molecule has 0 fully saturated rings. The quantitative estimate of drug-likeness (QED) is 0.588. The van der Waals surface area contributed by atoms with Gasteiger partial charge in [0.05, 0.1) is 13.7 Å². The molecule has 1 aromatic rings. The van der Waals surface area contributed by atoms with Crippen LogP contribution in [0.2, 0.25) is 0 Å². The SMILES string of the molecule is COc1c(C)cc(CNCC=O)cc1C. The third-order valence-electron chi connectivity index (χ3n) is 2.28. The third-order valence-corrected chi connectivity index (χ3v) is 2.28. The fourth-order valence-corrected chi connectivity index (χ4v) is 1.74. The van der Waals surface area contributed by atoms with Gasteiger partial charge in [0.2, 0.25) is 0 Å². The van der Waals surface area contributed by atoms with Crippen LogP contribution in [0.4, 0.5) is 0 Å². The molecule has 3 nitrogen and oxygen atoms in total. The Labute approximate surface area is 90.4 Å². The maximum Gasteiger partial charge on any atom is 0.133 e. The molecule has 1 aromatic carbocycles. The van der Waals surface area contributed by atoms with Gasteiger partial charge in [-0.25, -0.2) is 0 Å². The lowest BCUT2D eigenvalue weighted by molar-refractivity contribution is -0.107. The highest BCUT2D eigenvalue weighted by Crippen LogP contribution is 2.24. The molecule has 0 heterocycles. The Morgan fingerprint density at radius 3 is 2.40 bits per heavy atom. The van der Waals surface area contributed by atoms with E-state index in [1.807, 2.05) is 13.8 Å². The van der Waals surface area contributed by atoms with Gasteiger partial charge in [0.15, 0.2) is 0 Å². The molecular weight excluding hydrogens is 190 g/mol. The molecule has 0 radical (unpaired) electrons. The fourth-order valence-electron chi connectivity index (χ4n) is 1.74. The number of methoxy groups -OCH3 is 1. The Balaban J connectivity index is 2.79. The van der Waals surface area contributed by atoms with Gasteiger partial charge in [-0.05, 0) is 30.5 Å². The number of carbonyl (C=O) groups excluding carboxylic acids is 1. The van der Waals surface area contributed by atoms with Gasteiger partial charge in [0, 0.05) is 6.54 Å². The van der Waals surface area contributed by atoms with Gasteiger partial charge in [0.25, 0.3) is 0 Å². The van der Waals surface area contributed by atoms with E-state index in [2.05, 4.69) is 17.4 Å². The van der Waals surface area contributed by atoms with Crippen molar-refractivity contribution >= 4 is 6.29 Å². The van der Waals surface area contributed by atoms with E-state index in [1.165, 1.54) is 5.56 Å². The molecule has 0 saturated heterocycles. The van der Waals surface area contributed by atoms with E-state index >= 15 is 0 Å². The number of hydrogen-bond acceptors (Lipinski definition) is 3. The summed E-state index contributed by atoms with van der Waals surface area (Å²) in [5.74, 6) is 0.939. The minimum atomic E-state index is 0.393. The predicted octanol–water partition coefficient (Wildman–Crippen LogP) is 1.60. The van der Waals surface area contributed by atoms with Crippen molar-refractivity contribution in [1.82, 2.24) is 5.32 Å². The summed E-state index contributed by atoms with van der Waals surface area (Å²) in [4.78, 5) is 10.1. The van der Waals surface area contributed by atoms with Crippen LogP contribution in [0.3, 0.4) is 0 Å². The first-order chi connectivity index (χ1) is 7.19. The van der Waals surface area contributed by atoms with Crippen molar-refractivity contribution < 1.29 is 9.53 Å². The second-order valence-electron chi connectivity index (χ2n) is 3.56. The zero-order chi connectivity index (χ0) is 11.3. The van der Waals surface area contributed by atoms with Crippen LogP contribution < -0.4 is 10.1 Å². The van der Waals surface area contributed by atoms with Gasteiger partial charge in [-0.15, -0.1) is 0 Å². The third kappa shape index (κ3) is 3.06. The maximum absolute atomic E-state index is 10.1. The topological polar surface area (TPSA) is 38.3 Å². The molecule has 0 unspecified atom stereocenters. The van der Waals surface area contributed by atoms with Gasteiger partial charge >= 0.3 is 0 Å². The molecule has 82 valence electrons. The van der Waals surface area contributed by atoms with Crippen LogP contribution in [-0.4, -0.2) is 19.9 Å². The molecule has 1 N–H and O–H groups in total. The average molecular weight is 207 g/mol. The minimum Gasteiger partial charge on any atom is -0.496 e. The van der Waals surface area contributed by atoms with Crippen molar-refractivity contribution in [3.05, 3.63) is 28.8 Å². The number of benzene rings is 1. The van der Waals surface area contributed by atoms with Crippen LogP contribution in [0.5, 0.6) is 5.75 Å². The highest BCUT2D eigenvalue weighted by atomic mass is 16.5. The van der Waals surface area contributed by atoms with Gasteiger partial charge < -0.3 is 14.8 Å². The zero-order valence-electron chi connectivity index (χ0n) is 9.46. The lowest BCUT2D eigenvalue weighted by atomic mass is 10.1. The molecule has 0 aliphatic heterocycles. The van der Waals surface area contributed by atoms with E-state index in [9.17, 15) is 4.79 Å². The number of ether oxygens (including phenoxy) is 1. The normalized spacial score (nSPS) is 10.1. The molecule has 0 aliphatic carbocycles. The highest BCUT2D eigenvalue weighted by molar-refractivity contribution is 5.52. The van der Waals surface area contributed by atoms with Crippen molar-refractivity contribution in [2.24, 2.45) is 0 Å². The fraction of sp³-hybridized carbons (Fsp3) is 0.417. The Morgan fingerprint density at radius 1 is 1.33 bits per heavy atom. The van der Waals surface area contributed by atoms with E-state index in [-0.39, 0.29) is 0 Å². The number of rotatable bonds is 5. The second-order valence-corrected chi connectivity index (χ2v) is 3.56. The van der Waals surface area contributed by atoms with E-state index in [4.69, 9.17) is 4.74 Å². The molecule has 0 atom stereocenters. The molecular formula is C12H17NO2. The molecule has 0 amide bonds. The monoisotopic (exact) mass is 207 g/mol. The van der Waals surface area contributed by atoms with Crippen molar-refractivity contribution in [2.75, 3.05) is 13.7 Å². The lowest BCUT2D eigenvalue weighted by Crippen LogP contribution is -2.15. The molecule has 0 bridgehead atoms. The average Bonchev–Trinajstić information content (AvgIpc) is 2.18. The van der Waals surface area contributed by atoms with Crippen LogP contribution in [-0.2, 0) is 11.3 Å². The van der Waals surface area contributed by atoms with E-state index in [0.29, 0.717) is 13.1 Å². The summed E-state index contributed by atoms with van der Waals surface area (Å²) in [6, 6.07) is 4.15. The van der Waals surface area contributed by atoms with Gasteiger partial charge in [-0.3, -0.25) is 0 Å². The van der Waals surface area contributed by atoms with Crippen molar-refractivity contribution in [3.63, 3.8) is 0 Å². The molecule has 1 rings (SSSR count). The smallest absolute Gasteiger partial charge is 0.133 e. The zero-order valence-corrected chi connectivity index (χ0v) is 9.46. The van der Waals surface area contributed by atoms with E-state index in [1.54, 1.807) is 7.11 Å². The predicted molar refractivity (Wildman–Crippen MR) is 60.2 cm³/mol. The first-order valence-corrected chi connectivity index (χ1v) is 4.97. The summed E-state index contributed by atoms with van der Waals surface area (Å²) in [5, 5.41) is 3.03. The van der Waals surface area contributed by atoms with Crippen LogP contribution in [0.25, 0.3) is 0 Å². The molecule has 3 heteroatoms. The highest BCUT2D eigenvalue weighted by Gasteiger charge is 2.04. The van der Waals surface area contributed by atoms with Crippen LogP contribution in [0.15, 0.2) is 12.1 Å². The van der Waals surface area contributed by atoms with Crippen molar-refractivity contribution in [3.8, 4) is 5.75 Å². The molecule has 0 spiro atoms. The first kappa shape index (κ1) is 11.7. The number of hydrogen-bond donors (Lipinski definition) is 1. The number of aryl methyl sites for hydroxylation is 2. The molecule has 15 heavy (non-hydrogen) atoms. The van der Waals surface area contributed by atoms with E-state index in [0.717, 1.165) is 23.2 Å². The Bertz CT molecular complexity index is 324. The first-order valence-electron chi connectivity index (χ1n) is 4.97. The summed E-state index contributed by atoms with van der Waals surface area (Å²) in [5.41, 5.74) is 3.42. The van der Waals surface area contributed by atoms with E-state index < -0.39 is 0 Å². The summed E-state index contributed by atoms with van der Waals surface area (Å²) in [6.07, 6.45) is 0.864. The second kappa shape index (κ2) is 5.51. The van der Waals surface area contributed by atoms with Crippen LogP contribution in [0, 0.1) is 13.8 Å². The number of carbonyl (C=O) groups is 1. The van der Waals surface area contributed by atoms with Gasteiger partial charge in [0.1, 0.15) is 12.0 Å². The minimum absolute atomic E-state index is 0.393.